The monoisotopic (exact) mass is 304 g/mol. The van der Waals surface area contributed by atoms with E-state index >= 15 is 0 Å². The van der Waals surface area contributed by atoms with Crippen LogP contribution in [0.15, 0.2) is 11.1 Å². The third-order valence-electron chi connectivity index (χ3n) is 8.32. The van der Waals surface area contributed by atoms with Crippen molar-refractivity contribution in [3.05, 3.63) is 11.1 Å². The van der Waals surface area contributed by atoms with Crippen molar-refractivity contribution in [3.8, 4) is 0 Å². The highest BCUT2D eigenvalue weighted by Gasteiger charge is 2.59. The van der Waals surface area contributed by atoms with E-state index in [2.05, 4.69) is 0 Å². The first-order chi connectivity index (χ1) is 10.5. The predicted molar refractivity (Wildman–Crippen MR) is 81.8 cm³/mol. The van der Waals surface area contributed by atoms with Crippen LogP contribution in [0.3, 0.4) is 0 Å². The fourth-order valence-electron chi connectivity index (χ4n) is 8.33. The van der Waals surface area contributed by atoms with Gasteiger partial charge in [0.05, 0.1) is 0 Å². The van der Waals surface area contributed by atoms with E-state index in [4.69, 9.17) is 0 Å². The Morgan fingerprint density at radius 1 is 0.545 bits per heavy atom. The highest BCUT2D eigenvalue weighted by atomic mass is 19.1. The molecular weight excluding hydrogens is 278 g/mol. The van der Waals surface area contributed by atoms with Crippen LogP contribution in [0.4, 0.5) is 8.78 Å². The third-order valence-corrected chi connectivity index (χ3v) is 8.32. The summed E-state index contributed by atoms with van der Waals surface area (Å²) >= 11 is 0. The lowest BCUT2D eigenvalue weighted by Gasteiger charge is -2.60. The number of hydrogen-bond donors (Lipinski definition) is 0. The maximum absolute atomic E-state index is 15.0. The van der Waals surface area contributed by atoms with Crippen LogP contribution in [-0.2, 0) is 0 Å². The van der Waals surface area contributed by atoms with Crippen LogP contribution in [0.1, 0.15) is 64.2 Å². The van der Waals surface area contributed by atoms with Crippen molar-refractivity contribution in [2.75, 3.05) is 0 Å². The average molecular weight is 304 g/mol. The molecule has 4 unspecified atom stereocenters. The normalized spacial score (nSPS) is 64.6. The Morgan fingerprint density at radius 2 is 0.864 bits per heavy atom. The van der Waals surface area contributed by atoms with Gasteiger partial charge in [0.1, 0.15) is 11.3 Å². The molecule has 8 aliphatic rings. The molecule has 0 aromatic carbocycles. The summed E-state index contributed by atoms with van der Waals surface area (Å²) in [6, 6.07) is 0. The highest BCUT2D eigenvalue weighted by Crippen LogP contribution is 2.66. The summed E-state index contributed by atoms with van der Waals surface area (Å²) in [5.41, 5.74) is 1.69. The van der Waals surface area contributed by atoms with E-state index in [9.17, 15) is 8.78 Å². The molecule has 0 amide bonds. The molecule has 8 rings (SSSR count). The van der Waals surface area contributed by atoms with E-state index in [1.807, 2.05) is 0 Å². The van der Waals surface area contributed by atoms with Crippen molar-refractivity contribution in [2.24, 2.45) is 35.5 Å². The van der Waals surface area contributed by atoms with Gasteiger partial charge in [0, 0.05) is 0 Å². The summed E-state index contributed by atoms with van der Waals surface area (Å²) in [4.78, 5) is 0. The van der Waals surface area contributed by atoms with E-state index < -0.39 is 11.3 Å². The molecule has 0 aromatic rings. The van der Waals surface area contributed by atoms with E-state index in [-0.39, 0.29) is 0 Å². The maximum atomic E-state index is 15.0. The SMILES string of the molecule is FC12CC3C[C@H](C1)C(=C1[C@@H]4CC5C[C@H]1CC(F)(C5)C4)[C@@H](C3)C2. The van der Waals surface area contributed by atoms with E-state index in [0.29, 0.717) is 35.5 Å². The van der Waals surface area contributed by atoms with Gasteiger partial charge < -0.3 is 0 Å². The summed E-state index contributed by atoms with van der Waals surface area (Å²) < 4.78 is 29.9. The second kappa shape index (κ2) is 3.81. The van der Waals surface area contributed by atoms with Crippen LogP contribution < -0.4 is 0 Å². The van der Waals surface area contributed by atoms with Crippen molar-refractivity contribution in [1.82, 2.24) is 0 Å². The van der Waals surface area contributed by atoms with Crippen molar-refractivity contribution in [1.29, 1.82) is 0 Å². The lowest BCUT2D eigenvalue weighted by Crippen LogP contribution is -2.53. The van der Waals surface area contributed by atoms with Crippen LogP contribution in [0.2, 0.25) is 0 Å². The molecule has 2 heteroatoms. The summed E-state index contributed by atoms with van der Waals surface area (Å²) in [5.74, 6) is 3.41. The molecule has 8 bridgehead atoms. The number of hydrogen-bond acceptors (Lipinski definition) is 0. The molecular formula is C20H26F2. The second-order valence-corrected chi connectivity index (χ2v) is 9.90. The van der Waals surface area contributed by atoms with Gasteiger partial charge in [-0.2, -0.15) is 0 Å². The summed E-state index contributed by atoms with van der Waals surface area (Å²) in [7, 11) is 0. The van der Waals surface area contributed by atoms with Crippen LogP contribution in [-0.4, -0.2) is 11.3 Å². The zero-order valence-electron chi connectivity index (χ0n) is 13.3. The fraction of sp³-hybridized carbons (Fsp3) is 0.900. The highest BCUT2D eigenvalue weighted by molar-refractivity contribution is 5.35. The zero-order valence-corrected chi connectivity index (χ0v) is 13.3. The molecule has 8 aliphatic carbocycles. The Morgan fingerprint density at radius 3 is 1.14 bits per heavy atom. The zero-order chi connectivity index (χ0) is 14.7. The first-order valence-corrected chi connectivity index (χ1v) is 9.62. The molecule has 8 saturated carbocycles. The van der Waals surface area contributed by atoms with Crippen molar-refractivity contribution in [2.45, 2.75) is 75.5 Å². The van der Waals surface area contributed by atoms with Crippen molar-refractivity contribution >= 4 is 0 Å². The van der Waals surface area contributed by atoms with Crippen LogP contribution in [0, 0.1) is 35.5 Å². The molecule has 0 aromatic heterocycles. The Hall–Kier alpha value is -0.400. The van der Waals surface area contributed by atoms with Crippen molar-refractivity contribution in [3.63, 3.8) is 0 Å². The van der Waals surface area contributed by atoms with E-state index in [1.54, 1.807) is 11.1 Å². The fourth-order valence-corrected chi connectivity index (χ4v) is 8.33. The molecule has 0 aliphatic heterocycles. The molecule has 8 atom stereocenters. The number of allylic oxidation sites excluding steroid dienone is 2. The first kappa shape index (κ1) is 13.0. The minimum atomic E-state index is -0.839. The average Bonchev–Trinajstić information content (AvgIpc) is 2.37. The van der Waals surface area contributed by atoms with Gasteiger partial charge in [-0.15, -0.1) is 0 Å². The summed E-state index contributed by atoms with van der Waals surface area (Å²) in [6.07, 6.45) is 9.82. The van der Waals surface area contributed by atoms with Gasteiger partial charge in [-0.05, 0) is 99.7 Å². The number of alkyl halides is 2. The van der Waals surface area contributed by atoms with Gasteiger partial charge in [-0.3, -0.25) is 0 Å². The molecule has 0 nitrogen and oxygen atoms in total. The Bertz CT molecular complexity index is 490. The topological polar surface area (TPSA) is 0 Å². The molecule has 0 heterocycles. The van der Waals surface area contributed by atoms with Crippen LogP contribution in [0.25, 0.3) is 0 Å². The summed E-state index contributed by atoms with van der Waals surface area (Å²) in [6.45, 7) is 0. The molecule has 0 spiro atoms. The molecule has 120 valence electrons. The molecule has 0 N–H and O–H groups in total. The van der Waals surface area contributed by atoms with Gasteiger partial charge in [-0.1, -0.05) is 11.1 Å². The minimum absolute atomic E-state index is 0.527. The largest absolute Gasteiger partial charge is 0.244 e. The van der Waals surface area contributed by atoms with Gasteiger partial charge >= 0.3 is 0 Å². The van der Waals surface area contributed by atoms with E-state index in [0.717, 1.165) is 38.5 Å². The Balaban J connectivity index is 1.45. The van der Waals surface area contributed by atoms with Crippen LogP contribution in [0.5, 0.6) is 0 Å². The smallest absolute Gasteiger partial charge is 0.112 e. The minimum Gasteiger partial charge on any atom is -0.244 e. The lowest BCUT2D eigenvalue weighted by molar-refractivity contribution is -0.0589. The predicted octanol–water partition coefficient (Wildman–Crippen LogP) is 5.38. The molecule has 0 saturated heterocycles. The first-order valence-electron chi connectivity index (χ1n) is 9.62. The standard InChI is InChI=1S/C20H26F2/c21-19-5-11-1-13(7-19)17(14(2-11)8-19)18-15-3-12-4-16(18)10-20(22,6-12)9-15/h11-16H,1-10H2/t11?,12?,13-,14+,15-,16+,19?,20?. The van der Waals surface area contributed by atoms with Crippen molar-refractivity contribution < 1.29 is 8.78 Å². The molecule has 22 heavy (non-hydrogen) atoms. The second-order valence-electron chi connectivity index (χ2n) is 9.90. The Kier molecular flexibility index (Phi) is 2.24. The third kappa shape index (κ3) is 1.58. The molecule has 0 radical (unpaired) electrons. The Labute approximate surface area is 131 Å². The maximum Gasteiger partial charge on any atom is 0.112 e. The number of rotatable bonds is 0. The van der Waals surface area contributed by atoms with Crippen LogP contribution >= 0.6 is 0 Å². The van der Waals surface area contributed by atoms with E-state index in [1.165, 1.54) is 25.7 Å². The summed E-state index contributed by atoms with van der Waals surface area (Å²) in [5, 5.41) is 0. The van der Waals surface area contributed by atoms with Gasteiger partial charge in [0.25, 0.3) is 0 Å². The quantitative estimate of drug-likeness (QED) is 0.527. The lowest BCUT2D eigenvalue weighted by atomic mass is 9.47. The van der Waals surface area contributed by atoms with Gasteiger partial charge in [-0.25, -0.2) is 8.78 Å². The number of halogens is 2. The van der Waals surface area contributed by atoms with Gasteiger partial charge in [0.2, 0.25) is 0 Å². The van der Waals surface area contributed by atoms with Gasteiger partial charge in [0.15, 0.2) is 0 Å². The molecule has 8 fully saturated rings.